The summed E-state index contributed by atoms with van der Waals surface area (Å²) in [5.74, 6) is 0.514. The van der Waals surface area contributed by atoms with Gasteiger partial charge >= 0.3 is 5.97 Å². The molecule has 6 nitrogen and oxygen atoms in total. The molecule has 0 saturated heterocycles. The SMILES string of the molecule is CC(Oc1ccc2c(=O)c(Oc3ccc4ccccc4c3)coc2c1)C(=O)OCc1ccccc1. The molecule has 0 aliphatic carbocycles. The minimum absolute atomic E-state index is 0.0827. The van der Waals surface area contributed by atoms with Gasteiger partial charge in [0.1, 0.15) is 30.0 Å². The van der Waals surface area contributed by atoms with Crippen LogP contribution in [0.3, 0.4) is 0 Å². The molecular weight excluding hydrogens is 444 g/mol. The highest BCUT2D eigenvalue weighted by Gasteiger charge is 2.18. The zero-order valence-electron chi connectivity index (χ0n) is 19.0. The second kappa shape index (κ2) is 9.73. The first-order valence-electron chi connectivity index (χ1n) is 11.2. The normalized spacial score (nSPS) is 11.8. The Morgan fingerprint density at radius 3 is 2.43 bits per heavy atom. The smallest absolute Gasteiger partial charge is 0.347 e. The summed E-state index contributed by atoms with van der Waals surface area (Å²) < 4.78 is 22.5. The Morgan fingerprint density at radius 2 is 1.60 bits per heavy atom. The Labute approximate surface area is 201 Å². The highest BCUT2D eigenvalue weighted by molar-refractivity contribution is 5.84. The maximum absolute atomic E-state index is 13.0. The van der Waals surface area contributed by atoms with Crippen LogP contribution in [0.25, 0.3) is 21.7 Å². The summed E-state index contributed by atoms with van der Waals surface area (Å²) in [5.41, 5.74) is 0.909. The summed E-state index contributed by atoms with van der Waals surface area (Å²) in [4.78, 5) is 25.3. The van der Waals surface area contributed by atoms with E-state index in [0.29, 0.717) is 22.5 Å². The Hall–Kier alpha value is -4.58. The van der Waals surface area contributed by atoms with Crippen molar-refractivity contribution in [3.63, 3.8) is 0 Å². The van der Waals surface area contributed by atoms with Gasteiger partial charge in [0.05, 0.1) is 5.39 Å². The van der Waals surface area contributed by atoms with Crippen LogP contribution in [0.5, 0.6) is 17.2 Å². The van der Waals surface area contributed by atoms with Crippen molar-refractivity contribution in [3.05, 3.63) is 113 Å². The van der Waals surface area contributed by atoms with Gasteiger partial charge in [0.25, 0.3) is 0 Å². The van der Waals surface area contributed by atoms with Crippen LogP contribution in [-0.2, 0) is 16.1 Å². The minimum atomic E-state index is -0.835. The van der Waals surface area contributed by atoms with Crippen molar-refractivity contribution in [2.45, 2.75) is 19.6 Å². The van der Waals surface area contributed by atoms with Crippen LogP contribution in [0.2, 0.25) is 0 Å². The number of esters is 1. The van der Waals surface area contributed by atoms with E-state index < -0.39 is 12.1 Å². The van der Waals surface area contributed by atoms with Gasteiger partial charge in [-0.25, -0.2) is 4.79 Å². The molecule has 0 radical (unpaired) electrons. The number of hydrogen-bond donors (Lipinski definition) is 0. The second-order valence-corrected chi connectivity index (χ2v) is 8.05. The van der Waals surface area contributed by atoms with Crippen LogP contribution >= 0.6 is 0 Å². The van der Waals surface area contributed by atoms with E-state index in [1.165, 1.54) is 6.26 Å². The molecule has 1 aromatic heterocycles. The molecule has 6 heteroatoms. The van der Waals surface area contributed by atoms with E-state index >= 15 is 0 Å². The van der Waals surface area contributed by atoms with Crippen molar-refractivity contribution in [3.8, 4) is 17.2 Å². The number of carbonyl (C=O) groups is 1. The van der Waals surface area contributed by atoms with Crippen LogP contribution in [0.4, 0.5) is 0 Å². The number of carbonyl (C=O) groups excluding carboxylic acids is 1. The molecule has 5 aromatic rings. The fraction of sp³-hybridized carbons (Fsp3) is 0.103. The van der Waals surface area contributed by atoms with Crippen molar-refractivity contribution in [1.82, 2.24) is 0 Å². The largest absolute Gasteiger partial charge is 0.479 e. The van der Waals surface area contributed by atoms with E-state index in [0.717, 1.165) is 16.3 Å². The molecule has 174 valence electrons. The lowest BCUT2D eigenvalue weighted by Gasteiger charge is -2.14. The fourth-order valence-corrected chi connectivity index (χ4v) is 3.69. The van der Waals surface area contributed by atoms with Crippen LogP contribution in [0.15, 0.2) is 106 Å². The van der Waals surface area contributed by atoms with Gasteiger partial charge in [-0.3, -0.25) is 4.79 Å². The molecule has 0 fully saturated rings. The average Bonchev–Trinajstić information content (AvgIpc) is 2.89. The van der Waals surface area contributed by atoms with E-state index in [1.807, 2.05) is 66.7 Å². The highest BCUT2D eigenvalue weighted by Crippen LogP contribution is 2.27. The molecule has 0 aliphatic heterocycles. The van der Waals surface area contributed by atoms with Crippen LogP contribution in [0, 0.1) is 0 Å². The molecule has 35 heavy (non-hydrogen) atoms. The van der Waals surface area contributed by atoms with E-state index in [-0.39, 0.29) is 17.8 Å². The second-order valence-electron chi connectivity index (χ2n) is 8.05. The minimum Gasteiger partial charge on any atom is -0.479 e. The van der Waals surface area contributed by atoms with Gasteiger partial charge in [-0.05, 0) is 47.5 Å². The molecule has 0 saturated carbocycles. The lowest BCUT2D eigenvalue weighted by atomic mass is 10.1. The molecule has 0 spiro atoms. The topological polar surface area (TPSA) is 75.0 Å². The lowest BCUT2D eigenvalue weighted by molar-refractivity contribution is -0.152. The molecule has 0 amide bonds. The van der Waals surface area contributed by atoms with Crippen molar-refractivity contribution in [2.75, 3.05) is 0 Å². The predicted molar refractivity (Wildman–Crippen MR) is 133 cm³/mol. The summed E-state index contributed by atoms with van der Waals surface area (Å²) in [7, 11) is 0. The molecule has 0 bridgehead atoms. The fourth-order valence-electron chi connectivity index (χ4n) is 3.69. The summed E-state index contributed by atoms with van der Waals surface area (Å²) in [6, 6.07) is 27.7. The lowest BCUT2D eigenvalue weighted by Crippen LogP contribution is -2.26. The summed E-state index contributed by atoms with van der Waals surface area (Å²) in [6.07, 6.45) is 0.444. The first-order valence-corrected chi connectivity index (χ1v) is 11.2. The number of benzene rings is 4. The van der Waals surface area contributed by atoms with Gasteiger partial charge in [0.15, 0.2) is 6.10 Å². The molecule has 0 aliphatic rings. The Balaban J connectivity index is 1.29. The van der Waals surface area contributed by atoms with Gasteiger partial charge in [-0.15, -0.1) is 0 Å². The average molecular weight is 466 g/mol. The number of fused-ring (bicyclic) bond motifs is 2. The van der Waals surface area contributed by atoms with E-state index in [2.05, 4.69) is 0 Å². The van der Waals surface area contributed by atoms with Gasteiger partial charge in [0, 0.05) is 6.07 Å². The van der Waals surface area contributed by atoms with Crippen LogP contribution in [-0.4, -0.2) is 12.1 Å². The van der Waals surface area contributed by atoms with Crippen LogP contribution < -0.4 is 14.9 Å². The van der Waals surface area contributed by atoms with Gasteiger partial charge in [-0.2, -0.15) is 0 Å². The van der Waals surface area contributed by atoms with Crippen molar-refractivity contribution >= 4 is 27.7 Å². The highest BCUT2D eigenvalue weighted by atomic mass is 16.6. The van der Waals surface area contributed by atoms with E-state index in [1.54, 1.807) is 31.2 Å². The maximum Gasteiger partial charge on any atom is 0.347 e. The summed E-state index contributed by atoms with van der Waals surface area (Å²) in [6.45, 7) is 1.77. The van der Waals surface area contributed by atoms with Crippen LogP contribution in [0.1, 0.15) is 12.5 Å². The quantitative estimate of drug-likeness (QED) is 0.264. The predicted octanol–water partition coefficient (Wildman–Crippen LogP) is 6.25. The van der Waals surface area contributed by atoms with Gasteiger partial charge in [-0.1, -0.05) is 60.7 Å². The van der Waals surface area contributed by atoms with Gasteiger partial charge in [0.2, 0.25) is 11.2 Å². The molecule has 5 rings (SSSR count). The third kappa shape index (κ3) is 5.01. The molecule has 1 heterocycles. The van der Waals surface area contributed by atoms with Crippen molar-refractivity contribution in [1.29, 1.82) is 0 Å². The van der Waals surface area contributed by atoms with E-state index in [4.69, 9.17) is 18.6 Å². The first kappa shape index (κ1) is 22.2. The molecule has 0 N–H and O–H groups in total. The number of ether oxygens (including phenoxy) is 3. The molecule has 4 aromatic carbocycles. The monoisotopic (exact) mass is 466 g/mol. The standard InChI is InChI=1S/C29H22O6/c1-19(29(31)33-17-20-7-3-2-4-8-20)34-24-13-14-25-26(16-24)32-18-27(28(25)30)35-23-12-11-21-9-5-6-10-22(21)15-23/h2-16,18-19H,17H2,1H3. The molecule has 1 atom stereocenters. The number of rotatable bonds is 7. The molecular formula is C29H22O6. The zero-order valence-corrected chi connectivity index (χ0v) is 19.0. The Kier molecular flexibility index (Phi) is 6.18. The first-order chi connectivity index (χ1) is 17.1. The summed E-state index contributed by atoms with van der Waals surface area (Å²) in [5, 5.41) is 2.43. The Bertz CT molecular complexity index is 1550. The third-order valence-electron chi connectivity index (χ3n) is 5.53. The van der Waals surface area contributed by atoms with Gasteiger partial charge < -0.3 is 18.6 Å². The maximum atomic E-state index is 13.0. The van der Waals surface area contributed by atoms with Crippen molar-refractivity contribution in [2.24, 2.45) is 0 Å². The van der Waals surface area contributed by atoms with Crippen molar-refractivity contribution < 1.29 is 23.4 Å². The summed E-state index contributed by atoms with van der Waals surface area (Å²) >= 11 is 0. The zero-order chi connectivity index (χ0) is 24.2. The Morgan fingerprint density at radius 1 is 0.857 bits per heavy atom. The van der Waals surface area contributed by atoms with E-state index in [9.17, 15) is 9.59 Å². The number of hydrogen-bond acceptors (Lipinski definition) is 6. The molecule has 1 unspecified atom stereocenters. The third-order valence-corrected chi connectivity index (χ3v) is 5.53.